The molecule has 0 saturated carbocycles. The van der Waals surface area contributed by atoms with Crippen LogP contribution >= 0.6 is 15.9 Å². The molecule has 0 bridgehead atoms. The molecule has 0 spiro atoms. The molecule has 0 atom stereocenters. The summed E-state index contributed by atoms with van der Waals surface area (Å²) in [6.45, 7) is 3.88. The molecule has 1 aromatic heterocycles. The van der Waals surface area contributed by atoms with E-state index < -0.39 is 5.97 Å². The number of hydrogen-bond acceptors (Lipinski definition) is 4. The molecule has 1 aromatic rings. The van der Waals surface area contributed by atoms with E-state index in [1.165, 1.54) is 12.3 Å². The van der Waals surface area contributed by atoms with Crippen molar-refractivity contribution >= 4 is 21.9 Å². The minimum Gasteiger partial charge on any atom is -0.477 e. The number of rotatable bonds is 2. The Balaban J connectivity index is 0.000000181. The molecular formula is C11H15BrN2O3. The van der Waals surface area contributed by atoms with E-state index in [0.717, 1.165) is 17.7 Å². The van der Waals surface area contributed by atoms with Crippen LogP contribution in [0.2, 0.25) is 0 Å². The molecule has 17 heavy (non-hydrogen) atoms. The summed E-state index contributed by atoms with van der Waals surface area (Å²) in [5.41, 5.74) is 0.350. The lowest BCUT2D eigenvalue weighted by Crippen LogP contribution is -2.56. The zero-order chi connectivity index (χ0) is 12.9. The first kappa shape index (κ1) is 14.1. The number of carboxylic acids is 1. The number of carboxylic acid groups (broad SMARTS) is 1. The van der Waals surface area contributed by atoms with Crippen molar-refractivity contribution in [3.05, 3.63) is 28.5 Å². The van der Waals surface area contributed by atoms with E-state index in [1.807, 2.05) is 7.05 Å². The van der Waals surface area contributed by atoms with Gasteiger partial charge in [-0.2, -0.15) is 0 Å². The quantitative estimate of drug-likeness (QED) is 0.867. The van der Waals surface area contributed by atoms with Crippen LogP contribution in [0.5, 0.6) is 0 Å². The fraction of sp³-hybridized carbons (Fsp3) is 0.455. The minimum atomic E-state index is -1.01. The lowest BCUT2D eigenvalue weighted by Gasteiger charge is -2.37. The SMILES string of the molecule is CNC1(C)COC1.O=C(O)c1ccc(Br)cn1. The van der Waals surface area contributed by atoms with Gasteiger partial charge in [-0.25, -0.2) is 9.78 Å². The Morgan fingerprint density at radius 3 is 2.47 bits per heavy atom. The molecule has 0 amide bonds. The fourth-order valence-corrected chi connectivity index (χ4v) is 1.29. The Labute approximate surface area is 108 Å². The number of carbonyl (C=O) groups is 1. The highest BCUT2D eigenvalue weighted by atomic mass is 79.9. The second-order valence-corrected chi connectivity index (χ2v) is 4.89. The lowest BCUT2D eigenvalue weighted by atomic mass is 10.0. The van der Waals surface area contributed by atoms with Gasteiger partial charge in [-0.15, -0.1) is 0 Å². The van der Waals surface area contributed by atoms with Crippen molar-refractivity contribution in [3.8, 4) is 0 Å². The molecule has 2 rings (SSSR count). The monoisotopic (exact) mass is 302 g/mol. The van der Waals surface area contributed by atoms with Crippen molar-refractivity contribution in [1.82, 2.24) is 10.3 Å². The maximum Gasteiger partial charge on any atom is 0.354 e. The summed E-state index contributed by atoms with van der Waals surface area (Å²) < 4.78 is 5.74. The molecule has 0 aromatic carbocycles. The van der Waals surface area contributed by atoms with E-state index in [2.05, 4.69) is 33.2 Å². The molecule has 1 aliphatic heterocycles. The molecule has 1 fully saturated rings. The predicted octanol–water partition coefficient (Wildman–Crippen LogP) is 1.54. The van der Waals surface area contributed by atoms with Gasteiger partial charge in [0, 0.05) is 10.7 Å². The van der Waals surface area contributed by atoms with Crippen LogP contribution in [-0.4, -0.2) is 41.9 Å². The van der Waals surface area contributed by atoms with Crippen molar-refractivity contribution in [3.63, 3.8) is 0 Å². The third-order valence-corrected chi connectivity index (χ3v) is 2.86. The molecule has 5 nitrogen and oxygen atoms in total. The Kier molecular flexibility index (Phi) is 5.04. The van der Waals surface area contributed by atoms with Crippen LogP contribution in [0.3, 0.4) is 0 Å². The molecule has 2 N–H and O–H groups in total. The topological polar surface area (TPSA) is 71.5 Å². The number of ether oxygens (including phenoxy) is 1. The van der Waals surface area contributed by atoms with E-state index in [4.69, 9.17) is 9.84 Å². The van der Waals surface area contributed by atoms with E-state index in [0.29, 0.717) is 5.54 Å². The van der Waals surface area contributed by atoms with Gasteiger partial charge in [0.05, 0.1) is 18.8 Å². The van der Waals surface area contributed by atoms with Crippen LogP contribution in [0.15, 0.2) is 22.8 Å². The molecule has 0 unspecified atom stereocenters. The van der Waals surface area contributed by atoms with E-state index in [9.17, 15) is 4.79 Å². The predicted molar refractivity (Wildman–Crippen MR) is 67.2 cm³/mol. The molecule has 1 aliphatic rings. The molecule has 2 heterocycles. The normalized spacial score (nSPS) is 16.4. The number of likely N-dealkylation sites (N-methyl/N-ethyl adjacent to an activating group) is 1. The van der Waals surface area contributed by atoms with Crippen LogP contribution in [0.1, 0.15) is 17.4 Å². The molecule has 0 radical (unpaired) electrons. The van der Waals surface area contributed by atoms with Gasteiger partial charge in [-0.1, -0.05) is 0 Å². The van der Waals surface area contributed by atoms with Gasteiger partial charge in [0.2, 0.25) is 0 Å². The van der Waals surface area contributed by atoms with Crippen LogP contribution in [0, 0.1) is 0 Å². The molecule has 1 saturated heterocycles. The van der Waals surface area contributed by atoms with E-state index >= 15 is 0 Å². The van der Waals surface area contributed by atoms with E-state index in [-0.39, 0.29) is 5.69 Å². The summed E-state index contributed by atoms with van der Waals surface area (Å²) >= 11 is 3.14. The van der Waals surface area contributed by atoms with Gasteiger partial charge in [-0.3, -0.25) is 0 Å². The van der Waals surface area contributed by atoms with Crippen molar-refractivity contribution in [2.75, 3.05) is 20.3 Å². The number of nitrogens with zero attached hydrogens (tertiary/aromatic N) is 1. The molecule has 0 aliphatic carbocycles. The van der Waals surface area contributed by atoms with Crippen LogP contribution < -0.4 is 5.32 Å². The summed E-state index contributed by atoms with van der Waals surface area (Å²) in [4.78, 5) is 13.9. The summed E-state index contributed by atoms with van der Waals surface area (Å²) in [6.07, 6.45) is 1.45. The third-order valence-electron chi connectivity index (χ3n) is 2.39. The average Bonchev–Trinajstić information content (AvgIpc) is 2.27. The van der Waals surface area contributed by atoms with Gasteiger partial charge in [0.25, 0.3) is 0 Å². The highest BCUT2D eigenvalue weighted by Crippen LogP contribution is 2.13. The van der Waals surface area contributed by atoms with Crippen LogP contribution in [0.4, 0.5) is 0 Å². The zero-order valence-electron chi connectivity index (χ0n) is 9.74. The first-order valence-electron chi connectivity index (χ1n) is 5.08. The summed E-state index contributed by atoms with van der Waals surface area (Å²) in [5.74, 6) is -1.01. The van der Waals surface area contributed by atoms with Crippen molar-refractivity contribution in [2.45, 2.75) is 12.5 Å². The Hall–Kier alpha value is -0.980. The first-order valence-corrected chi connectivity index (χ1v) is 5.88. The smallest absolute Gasteiger partial charge is 0.354 e. The van der Waals surface area contributed by atoms with Crippen molar-refractivity contribution < 1.29 is 14.6 Å². The van der Waals surface area contributed by atoms with Gasteiger partial charge in [0.1, 0.15) is 5.69 Å². The largest absolute Gasteiger partial charge is 0.477 e. The maximum atomic E-state index is 10.2. The standard InChI is InChI=1S/C6H4BrNO2.C5H11NO/c7-4-1-2-5(6(9)10)8-3-4;1-5(6-2)3-7-4-5/h1-3H,(H,9,10);6H,3-4H2,1-2H3. The minimum absolute atomic E-state index is 0.0585. The number of nitrogens with one attached hydrogen (secondary N) is 1. The summed E-state index contributed by atoms with van der Waals surface area (Å²) in [5, 5.41) is 11.6. The van der Waals surface area contributed by atoms with Gasteiger partial charge >= 0.3 is 5.97 Å². The van der Waals surface area contributed by atoms with Crippen molar-refractivity contribution in [1.29, 1.82) is 0 Å². The third kappa shape index (κ3) is 4.41. The first-order chi connectivity index (χ1) is 7.97. The fourth-order valence-electron chi connectivity index (χ4n) is 1.05. The van der Waals surface area contributed by atoms with Crippen LogP contribution in [0.25, 0.3) is 0 Å². The number of hydrogen-bond donors (Lipinski definition) is 2. The lowest BCUT2D eigenvalue weighted by molar-refractivity contribution is -0.0602. The van der Waals surface area contributed by atoms with Gasteiger partial charge in [0.15, 0.2) is 0 Å². The highest BCUT2D eigenvalue weighted by molar-refractivity contribution is 9.10. The van der Waals surface area contributed by atoms with Crippen molar-refractivity contribution in [2.24, 2.45) is 0 Å². The molecule has 6 heteroatoms. The Morgan fingerprint density at radius 1 is 1.59 bits per heavy atom. The molecular weight excluding hydrogens is 288 g/mol. The van der Waals surface area contributed by atoms with E-state index in [1.54, 1.807) is 6.07 Å². The summed E-state index contributed by atoms with van der Waals surface area (Å²) in [7, 11) is 1.96. The second kappa shape index (κ2) is 6.09. The Bertz CT molecular complexity index is 371. The molecule has 94 valence electrons. The highest BCUT2D eigenvalue weighted by Gasteiger charge is 2.30. The maximum absolute atomic E-state index is 10.2. The Morgan fingerprint density at radius 2 is 2.24 bits per heavy atom. The number of halogens is 1. The number of aromatic nitrogens is 1. The summed E-state index contributed by atoms with van der Waals surface area (Å²) in [6, 6.07) is 3.07. The average molecular weight is 303 g/mol. The zero-order valence-corrected chi connectivity index (χ0v) is 11.3. The number of pyridine rings is 1. The van der Waals surface area contributed by atoms with Gasteiger partial charge in [-0.05, 0) is 42.0 Å². The van der Waals surface area contributed by atoms with Gasteiger partial charge < -0.3 is 15.2 Å². The second-order valence-electron chi connectivity index (χ2n) is 3.97. The van der Waals surface area contributed by atoms with Crippen LogP contribution in [-0.2, 0) is 4.74 Å². The number of aromatic carboxylic acids is 1.